The van der Waals surface area contributed by atoms with Crippen LogP contribution in [0.25, 0.3) is 56.6 Å². The molecule has 10 heterocycles. The minimum Gasteiger partial charge on any atom is -0.493 e. The molecule has 2 fully saturated rings. The van der Waals surface area contributed by atoms with Gasteiger partial charge < -0.3 is 38.2 Å². The predicted molar refractivity (Wildman–Crippen MR) is 365 cm³/mol. The summed E-state index contributed by atoms with van der Waals surface area (Å²) in [5, 5.41) is 17.9. The number of piperidine rings is 2. The van der Waals surface area contributed by atoms with Gasteiger partial charge in [0.25, 0.3) is 0 Å². The molecule has 0 bridgehead atoms. The lowest BCUT2D eigenvalue weighted by molar-refractivity contribution is -0.128. The van der Waals surface area contributed by atoms with E-state index in [1.54, 1.807) is 58.9 Å². The molecule has 2 saturated heterocycles. The molecule has 0 saturated carbocycles. The molecule has 0 spiro atoms. The Kier molecular flexibility index (Phi) is 22.6. The fourth-order valence-electron chi connectivity index (χ4n) is 12.0. The maximum atomic E-state index is 14.3. The quantitative estimate of drug-likeness (QED) is 0.0394. The SMILES string of the molecule is COc1cc(-c2c(CC(F)(F)F)c(-c3cc(C)c(C4CCN(C(=O)OC(C)(C)C)CC4)cn3)nn2COCC[Si](C)(C)C)cn2ncnc12.COc1cc(-c2c(CC(F)(F)F)c(-c3cc(C)c(C4CCN(C(=O)OC(C)(C)C)CC4)cn3)nn2COCC[Si](C)(C)C)cn2ncnc12. The Hall–Kier alpha value is -7.97. The van der Waals surface area contributed by atoms with Crippen LogP contribution in [0.2, 0.25) is 51.4 Å². The fourth-order valence-corrected chi connectivity index (χ4v) is 13.5. The second kappa shape index (κ2) is 29.9. The van der Waals surface area contributed by atoms with Crippen LogP contribution in [0.15, 0.2) is 61.7 Å². The summed E-state index contributed by atoms with van der Waals surface area (Å²) in [6.07, 6.45) is 0.149. The molecule has 22 nitrogen and oxygen atoms in total. The monoisotopic (exact) mass is 1400 g/mol. The number of amides is 2. The van der Waals surface area contributed by atoms with Crippen LogP contribution in [0.4, 0.5) is 35.9 Å². The number of halogens is 6. The van der Waals surface area contributed by atoms with Gasteiger partial charge in [-0.15, -0.1) is 0 Å². The number of ether oxygens (including phenoxy) is 6. The van der Waals surface area contributed by atoms with Crippen molar-refractivity contribution in [2.75, 3.05) is 53.6 Å². The summed E-state index contributed by atoms with van der Waals surface area (Å²) in [6.45, 7) is 31.3. The van der Waals surface area contributed by atoms with Gasteiger partial charge >= 0.3 is 24.5 Å². The minimum absolute atomic E-state index is 0.0202. The molecular formula is C68H92F6N14O8Si2. The van der Waals surface area contributed by atoms with Gasteiger partial charge in [0, 0.05) is 103 Å². The number of aryl methyl sites for hydroxylation is 2. The second-order valence-electron chi connectivity index (χ2n) is 29.6. The maximum absolute atomic E-state index is 14.3. The molecule has 0 aliphatic carbocycles. The highest BCUT2D eigenvalue weighted by Gasteiger charge is 2.38. The molecule has 0 radical (unpaired) electrons. The first-order chi connectivity index (χ1) is 45.8. The van der Waals surface area contributed by atoms with Crippen molar-refractivity contribution >= 4 is 39.6 Å². The summed E-state index contributed by atoms with van der Waals surface area (Å²) in [6, 6.07) is 8.69. The summed E-state index contributed by atoms with van der Waals surface area (Å²) >= 11 is 0. The van der Waals surface area contributed by atoms with Crippen LogP contribution in [-0.2, 0) is 45.3 Å². The molecule has 8 aromatic rings. The van der Waals surface area contributed by atoms with E-state index in [1.165, 1.54) is 45.3 Å². The van der Waals surface area contributed by atoms with E-state index in [9.17, 15) is 35.9 Å². The van der Waals surface area contributed by atoms with Crippen molar-refractivity contribution in [2.24, 2.45) is 0 Å². The maximum Gasteiger partial charge on any atom is 0.410 e. The first-order valence-electron chi connectivity index (χ1n) is 33.0. The number of carbonyl (C=O) groups is 2. The molecule has 2 aliphatic heterocycles. The molecule has 0 aromatic carbocycles. The number of carbonyl (C=O) groups excluding carboxylic acids is 2. The lowest BCUT2D eigenvalue weighted by atomic mass is 9.87. The van der Waals surface area contributed by atoms with Crippen LogP contribution in [0, 0.1) is 13.8 Å². The van der Waals surface area contributed by atoms with E-state index in [4.69, 9.17) is 48.6 Å². The van der Waals surface area contributed by atoms with Gasteiger partial charge in [-0.1, -0.05) is 39.3 Å². The van der Waals surface area contributed by atoms with Crippen LogP contribution in [0.3, 0.4) is 0 Å². The first kappa shape index (κ1) is 74.3. The molecule has 8 aromatic heterocycles. The Bertz CT molecular complexity index is 3830. The highest BCUT2D eigenvalue weighted by atomic mass is 28.3. The third kappa shape index (κ3) is 19.3. The van der Waals surface area contributed by atoms with Crippen molar-refractivity contribution in [3.8, 4) is 56.8 Å². The number of nitrogens with zero attached hydrogens (tertiary/aromatic N) is 14. The Morgan fingerprint density at radius 1 is 0.541 bits per heavy atom. The molecule has 10 rings (SSSR count). The highest BCUT2D eigenvalue weighted by molar-refractivity contribution is 6.76. The summed E-state index contributed by atoms with van der Waals surface area (Å²) < 4.78 is 126. The average Bonchev–Trinajstić information content (AvgIpc) is 1.84. The second-order valence-corrected chi connectivity index (χ2v) is 40.9. The van der Waals surface area contributed by atoms with Gasteiger partial charge in [0.05, 0.1) is 49.8 Å². The van der Waals surface area contributed by atoms with Crippen molar-refractivity contribution in [2.45, 2.75) is 194 Å². The number of fused-ring (bicyclic) bond motifs is 2. The molecule has 98 heavy (non-hydrogen) atoms. The number of hydrogen-bond donors (Lipinski definition) is 0. The van der Waals surface area contributed by atoms with Crippen LogP contribution < -0.4 is 9.47 Å². The molecule has 2 amide bonds. The predicted octanol–water partition coefficient (Wildman–Crippen LogP) is 15.0. The lowest BCUT2D eigenvalue weighted by Crippen LogP contribution is -2.41. The van der Waals surface area contributed by atoms with Gasteiger partial charge in [0.1, 0.15) is 48.7 Å². The lowest BCUT2D eigenvalue weighted by Gasteiger charge is -2.34. The van der Waals surface area contributed by atoms with Gasteiger partial charge in [0.2, 0.25) is 0 Å². The van der Waals surface area contributed by atoms with Crippen LogP contribution in [-0.4, -0.2) is 174 Å². The molecule has 532 valence electrons. The van der Waals surface area contributed by atoms with E-state index >= 15 is 0 Å². The number of pyridine rings is 4. The Labute approximate surface area is 569 Å². The van der Waals surface area contributed by atoms with E-state index in [0.717, 1.165) is 60.0 Å². The van der Waals surface area contributed by atoms with Gasteiger partial charge in [-0.2, -0.15) is 46.7 Å². The van der Waals surface area contributed by atoms with E-state index in [1.807, 2.05) is 55.4 Å². The molecule has 2 aliphatic rings. The van der Waals surface area contributed by atoms with E-state index in [0.29, 0.717) is 84.7 Å². The average molecular weight is 1400 g/mol. The molecule has 30 heteroatoms. The summed E-state index contributed by atoms with van der Waals surface area (Å²) in [4.78, 5) is 46.4. The molecule has 0 N–H and O–H groups in total. The van der Waals surface area contributed by atoms with E-state index < -0.39 is 52.5 Å². The molecule has 0 atom stereocenters. The number of methoxy groups -OCH3 is 2. The Morgan fingerprint density at radius 3 is 1.20 bits per heavy atom. The number of aromatic nitrogens is 12. The third-order valence-corrected chi connectivity index (χ3v) is 20.3. The van der Waals surface area contributed by atoms with Crippen molar-refractivity contribution in [1.29, 1.82) is 0 Å². The van der Waals surface area contributed by atoms with Gasteiger partial charge in [-0.25, -0.2) is 38.0 Å². The van der Waals surface area contributed by atoms with Crippen molar-refractivity contribution in [3.63, 3.8) is 0 Å². The zero-order chi connectivity index (χ0) is 71.5. The van der Waals surface area contributed by atoms with Gasteiger partial charge in [-0.05, 0) is 152 Å². The number of hydrogen-bond acceptors (Lipinski definition) is 16. The van der Waals surface area contributed by atoms with Crippen LogP contribution >= 0.6 is 0 Å². The Balaban J connectivity index is 0.000000229. The van der Waals surface area contributed by atoms with Gasteiger partial charge in [0.15, 0.2) is 22.8 Å². The zero-order valence-corrected chi connectivity index (χ0v) is 61.0. The van der Waals surface area contributed by atoms with Crippen molar-refractivity contribution < 1.29 is 64.4 Å². The summed E-state index contributed by atoms with van der Waals surface area (Å²) in [5.41, 5.74) is 5.75. The van der Waals surface area contributed by atoms with Gasteiger partial charge in [-0.3, -0.25) is 9.97 Å². The number of alkyl halides is 6. The van der Waals surface area contributed by atoms with E-state index in [2.05, 4.69) is 59.4 Å². The Morgan fingerprint density at radius 2 is 0.898 bits per heavy atom. The van der Waals surface area contributed by atoms with Crippen molar-refractivity contribution in [1.82, 2.24) is 68.5 Å². The topological polar surface area (TPSA) is 218 Å². The minimum atomic E-state index is -4.53. The molecular weight excluding hydrogens is 1310 g/mol. The van der Waals surface area contributed by atoms with Crippen molar-refractivity contribution in [3.05, 3.63) is 95.1 Å². The smallest absolute Gasteiger partial charge is 0.410 e. The number of rotatable bonds is 20. The highest BCUT2D eigenvalue weighted by Crippen LogP contribution is 2.42. The fraction of sp³-hybridized carbons (Fsp3) is 0.559. The van der Waals surface area contributed by atoms with Crippen LogP contribution in [0.1, 0.15) is 112 Å². The standard InChI is InChI=1S/2C34H46F3N7O4Si/c2*1-22-15-27(38-18-26(22)23-9-11-42(12-10-23)32(45)48-33(2,3)4)29-25(17-34(35,36)37)30(44(41-29)21-47-13-14-49(6,7)8)24-16-28(46-5)31-39-20-40-43(31)19-24/h2*15-16,18-20,23H,9-14,17,21H2,1-8H3. The molecule has 0 unspecified atom stereocenters. The van der Waals surface area contributed by atoms with E-state index in [-0.39, 0.29) is 71.4 Å². The van der Waals surface area contributed by atoms with Crippen LogP contribution in [0.5, 0.6) is 11.5 Å². The number of likely N-dealkylation sites (tertiary alicyclic amines) is 2. The summed E-state index contributed by atoms with van der Waals surface area (Å²) in [7, 11) is 0.113. The largest absolute Gasteiger partial charge is 0.493 e. The summed E-state index contributed by atoms with van der Waals surface area (Å²) in [5.74, 6) is 1.00. The first-order valence-corrected chi connectivity index (χ1v) is 40.4. The third-order valence-electron chi connectivity index (χ3n) is 16.9. The zero-order valence-electron chi connectivity index (χ0n) is 59.0. The normalized spacial score (nSPS) is 14.9.